The summed E-state index contributed by atoms with van der Waals surface area (Å²) in [7, 11) is -3.90. The molecule has 0 spiro atoms. The van der Waals surface area contributed by atoms with E-state index >= 15 is 0 Å². The van der Waals surface area contributed by atoms with Crippen LogP contribution in [0.5, 0.6) is 0 Å². The molecule has 0 aliphatic heterocycles. The number of rotatable bonds is 5. The molecule has 2 rings (SSSR count). The normalized spacial score (nSPS) is 11.2. The highest BCUT2D eigenvalue weighted by Gasteiger charge is 2.19. The summed E-state index contributed by atoms with van der Waals surface area (Å²) in [4.78, 5) is 11.8. The Morgan fingerprint density at radius 1 is 1.21 bits per heavy atom. The molecule has 0 heterocycles. The zero-order valence-corrected chi connectivity index (χ0v) is 14.4. The van der Waals surface area contributed by atoms with Gasteiger partial charge in [0.1, 0.15) is 5.82 Å². The molecule has 0 bridgehead atoms. The zero-order chi connectivity index (χ0) is 17.9. The lowest BCUT2D eigenvalue weighted by molar-refractivity contribution is 0.0525. The number of carbonyl (C=O) groups excluding carboxylic acids is 1. The van der Waals surface area contributed by atoms with Crippen molar-refractivity contribution in [2.45, 2.75) is 25.7 Å². The third kappa shape index (κ3) is 3.73. The molecule has 0 radical (unpaired) electrons. The molecule has 1 N–H and O–H groups in total. The van der Waals surface area contributed by atoms with Gasteiger partial charge in [-0.05, 0) is 62.2 Å². The quantitative estimate of drug-likeness (QED) is 0.838. The Hall–Kier alpha value is -2.41. The van der Waals surface area contributed by atoms with Gasteiger partial charge in [0.05, 0.1) is 22.8 Å². The van der Waals surface area contributed by atoms with Crippen molar-refractivity contribution in [3.8, 4) is 0 Å². The summed E-state index contributed by atoms with van der Waals surface area (Å²) in [6, 6.07) is 8.22. The Bertz CT molecular complexity index is 878. The Morgan fingerprint density at radius 3 is 2.54 bits per heavy atom. The number of nitrogens with one attached hydrogen (secondary N) is 1. The number of ether oxygens (including phenoxy) is 1. The summed E-state index contributed by atoms with van der Waals surface area (Å²) in [5.41, 5.74) is 1.24. The Balaban J connectivity index is 2.38. The molecule has 0 amide bonds. The standard InChI is InChI=1S/C17H18FNO4S/c1-4-23-17(20)14-6-5-7-16(12(14)3)19-24(21,22)13-8-9-15(18)11(2)10-13/h5-10,19H,4H2,1-3H3. The van der Waals surface area contributed by atoms with Crippen molar-refractivity contribution < 1.29 is 22.3 Å². The maximum absolute atomic E-state index is 13.3. The summed E-state index contributed by atoms with van der Waals surface area (Å²) in [6.07, 6.45) is 0. The molecular weight excluding hydrogens is 333 g/mol. The van der Waals surface area contributed by atoms with E-state index in [0.717, 1.165) is 6.07 Å². The molecule has 0 aliphatic carbocycles. The van der Waals surface area contributed by atoms with E-state index in [1.807, 2.05) is 0 Å². The van der Waals surface area contributed by atoms with Gasteiger partial charge in [-0.3, -0.25) is 4.72 Å². The average Bonchev–Trinajstić information content (AvgIpc) is 2.52. The van der Waals surface area contributed by atoms with E-state index in [1.54, 1.807) is 32.0 Å². The number of hydrogen-bond acceptors (Lipinski definition) is 4. The number of esters is 1. The number of sulfonamides is 1. The molecule has 24 heavy (non-hydrogen) atoms. The van der Waals surface area contributed by atoms with Gasteiger partial charge in [-0.15, -0.1) is 0 Å². The van der Waals surface area contributed by atoms with E-state index in [1.165, 1.54) is 19.1 Å². The highest BCUT2D eigenvalue weighted by atomic mass is 32.2. The van der Waals surface area contributed by atoms with E-state index in [2.05, 4.69) is 4.72 Å². The third-order valence-electron chi connectivity index (χ3n) is 3.51. The first-order valence-corrected chi connectivity index (χ1v) is 8.80. The van der Waals surface area contributed by atoms with E-state index in [9.17, 15) is 17.6 Å². The fourth-order valence-corrected chi connectivity index (χ4v) is 3.37. The molecule has 0 atom stereocenters. The summed E-state index contributed by atoms with van der Waals surface area (Å²) in [5.74, 6) is -0.997. The zero-order valence-electron chi connectivity index (χ0n) is 13.6. The van der Waals surface area contributed by atoms with Crippen LogP contribution >= 0.6 is 0 Å². The van der Waals surface area contributed by atoms with Crippen LogP contribution in [-0.4, -0.2) is 21.0 Å². The molecule has 0 saturated carbocycles. The molecule has 0 fully saturated rings. The van der Waals surface area contributed by atoms with Crippen molar-refractivity contribution in [2.24, 2.45) is 0 Å². The van der Waals surface area contributed by atoms with Gasteiger partial charge in [0.25, 0.3) is 10.0 Å². The largest absolute Gasteiger partial charge is 0.462 e. The van der Waals surface area contributed by atoms with Gasteiger partial charge < -0.3 is 4.74 Å². The number of aryl methyl sites for hydroxylation is 1. The van der Waals surface area contributed by atoms with Gasteiger partial charge >= 0.3 is 5.97 Å². The molecule has 0 aromatic heterocycles. The van der Waals surface area contributed by atoms with Gasteiger partial charge in [0.2, 0.25) is 0 Å². The fraction of sp³-hybridized carbons (Fsp3) is 0.235. The Labute approximate surface area is 140 Å². The summed E-state index contributed by atoms with van der Waals surface area (Å²) >= 11 is 0. The highest BCUT2D eigenvalue weighted by Crippen LogP contribution is 2.24. The Kier molecular flexibility index (Phi) is 5.23. The number of benzene rings is 2. The smallest absolute Gasteiger partial charge is 0.338 e. The third-order valence-corrected chi connectivity index (χ3v) is 4.88. The molecule has 7 heteroatoms. The SMILES string of the molecule is CCOC(=O)c1cccc(NS(=O)(=O)c2ccc(F)c(C)c2)c1C. The second-order valence-electron chi connectivity index (χ2n) is 5.22. The number of hydrogen-bond donors (Lipinski definition) is 1. The molecule has 0 saturated heterocycles. The van der Waals surface area contributed by atoms with Crippen LogP contribution in [0.25, 0.3) is 0 Å². The minimum Gasteiger partial charge on any atom is -0.462 e. The summed E-state index contributed by atoms with van der Waals surface area (Å²) < 4.78 is 45.7. The van der Waals surface area contributed by atoms with Crippen molar-refractivity contribution in [3.63, 3.8) is 0 Å². The monoisotopic (exact) mass is 351 g/mol. The van der Waals surface area contributed by atoms with Gasteiger partial charge in [-0.25, -0.2) is 17.6 Å². The van der Waals surface area contributed by atoms with Gasteiger partial charge in [0, 0.05) is 0 Å². The van der Waals surface area contributed by atoms with Crippen LogP contribution < -0.4 is 4.72 Å². The second-order valence-corrected chi connectivity index (χ2v) is 6.90. The van der Waals surface area contributed by atoms with Crippen molar-refractivity contribution in [1.82, 2.24) is 0 Å². The van der Waals surface area contributed by atoms with Crippen LogP contribution in [0, 0.1) is 19.7 Å². The van der Waals surface area contributed by atoms with E-state index in [4.69, 9.17) is 4.74 Å². The second kappa shape index (κ2) is 7.00. The van der Waals surface area contributed by atoms with Crippen LogP contribution in [0.1, 0.15) is 28.4 Å². The molecule has 2 aromatic rings. The maximum atomic E-state index is 13.3. The molecule has 5 nitrogen and oxygen atoms in total. The average molecular weight is 351 g/mol. The highest BCUT2D eigenvalue weighted by molar-refractivity contribution is 7.92. The lowest BCUT2D eigenvalue weighted by atomic mass is 10.1. The molecule has 0 aliphatic rings. The van der Waals surface area contributed by atoms with Crippen LogP contribution in [0.3, 0.4) is 0 Å². The molecule has 128 valence electrons. The van der Waals surface area contributed by atoms with Crippen LogP contribution in [0.4, 0.5) is 10.1 Å². The summed E-state index contributed by atoms with van der Waals surface area (Å²) in [6.45, 7) is 5.03. The van der Waals surface area contributed by atoms with Crippen molar-refractivity contribution in [1.29, 1.82) is 0 Å². The lowest BCUT2D eigenvalue weighted by Gasteiger charge is -2.13. The Morgan fingerprint density at radius 2 is 1.92 bits per heavy atom. The maximum Gasteiger partial charge on any atom is 0.338 e. The van der Waals surface area contributed by atoms with Crippen LogP contribution in [0.15, 0.2) is 41.3 Å². The molecule has 0 unspecified atom stereocenters. The van der Waals surface area contributed by atoms with Crippen molar-refractivity contribution in [2.75, 3.05) is 11.3 Å². The molecular formula is C17H18FNO4S. The van der Waals surface area contributed by atoms with E-state index in [-0.39, 0.29) is 28.3 Å². The van der Waals surface area contributed by atoms with Crippen LogP contribution in [0.2, 0.25) is 0 Å². The van der Waals surface area contributed by atoms with Crippen LogP contribution in [-0.2, 0) is 14.8 Å². The minimum atomic E-state index is -3.90. The van der Waals surface area contributed by atoms with Crippen molar-refractivity contribution in [3.05, 3.63) is 58.9 Å². The van der Waals surface area contributed by atoms with Gasteiger partial charge in [0.15, 0.2) is 0 Å². The van der Waals surface area contributed by atoms with Crippen molar-refractivity contribution >= 4 is 21.7 Å². The lowest BCUT2D eigenvalue weighted by Crippen LogP contribution is -2.15. The predicted molar refractivity (Wildman–Crippen MR) is 89.1 cm³/mol. The van der Waals surface area contributed by atoms with E-state index in [0.29, 0.717) is 5.56 Å². The molecule has 2 aromatic carbocycles. The fourth-order valence-electron chi connectivity index (χ4n) is 2.16. The number of anilines is 1. The summed E-state index contributed by atoms with van der Waals surface area (Å²) in [5, 5.41) is 0. The number of carbonyl (C=O) groups is 1. The van der Waals surface area contributed by atoms with E-state index < -0.39 is 21.8 Å². The number of halogens is 1. The topological polar surface area (TPSA) is 72.5 Å². The van der Waals surface area contributed by atoms with Gasteiger partial charge in [-0.1, -0.05) is 6.07 Å². The predicted octanol–water partition coefficient (Wildman–Crippen LogP) is 3.42. The first-order valence-electron chi connectivity index (χ1n) is 7.32. The van der Waals surface area contributed by atoms with Gasteiger partial charge in [-0.2, -0.15) is 0 Å². The first-order chi connectivity index (χ1) is 11.3. The minimum absolute atomic E-state index is 0.0534. The first kappa shape index (κ1) is 17.9.